The molecule has 2 rings (SSSR count). The Kier molecular flexibility index (Phi) is 4.51. The number of phenols is 1. The molecule has 0 aliphatic rings. The van der Waals surface area contributed by atoms with E-state index in [-0.39, 0.29) is 5.75 Å². The second-order valence-electron chi connectivity index (χ2n) is 4.85. The van der Waals surface area contributed by atoms with Crippen molar-refractivity contribution in [1.29, 1.82) is 0 Å². The van der Waals surface area contributed by atoms with Crippen LogP contribution in [0.15, 0.2) is 36.4 Å². The molecular formula is C17H21NO2. The van der Waals surface area contributed by atoms with Gasteiger partial charge in [0.05, 0.1) is 6.61 Å². The van der Waals surface area contributed by atoms with Crippen LogP contribution in [0.4, 0.5) is 5.69 Å². The molecule has 0 spiro atoms. The molecule has 0 unspecified atom stereocenters. The van der Waals surface area contributed by atoms with Crippen LogP contribution in [0.5, 0.6) is 11.5 Å². The second kappa shape index (κ2) is 6.33. The fourth-order valence-electron chi connectivity index (χ4n) is 2.03. The number of nitrogens with one attached hydrogen (secondary N) is 1. The van der Waals surface area contributed by atoms with E-state index >= 15 is 0 Å². The van der Waals surface area contributed by atoms with Crippen molar-refractivity contribution in [2.45, 2.75) is 27.3 Å². The van der Waals surface area contributed by atoms with Crippen LogP contribution >= 0.6 is 0 Å². The van der Waals surface area contributed by atoms with Crippen molar-refractivity contribution in [3.8, 4) is 11.5 Å². The minimum Gasteiger partial charge on any atom is -0.504 e. The first-order chi connectivity index (χ1) is 9.61. The molecule has 0 bridgehead atoms. The average Bonchev–Trinajstić information content (AvgIpc) is 2.44. The summed E-state index contributed by atoms with van der Waals surface area (Å²) < 4.78 is 5.39. The number of aromatic hydroxyl groups is 1. The molecule has 3 nitrogen and oxygen atoms in total. The third-order valence-electron chi connectivity index (χ3n) is 3.37. The molecule has 20 heavy (non-hydrogen) atoms. The minimum atomic E-state index is 0.214. The molecule has 0 aliphatic carbocycles. The van der Waals surface area contributed by atoms with E-state index < -0.39 is 0 Å². The van der Waals surface area contributed by atoms with Crippen LogP contribution < -0.4 is 10.1 Å². The van der Waals surface area contributed by atoms with Gasteiger partial charge in [-0.2, -0.15) is 0 Å². The summed E-state index contributed by atoms with van der Waals surface area (Å²) in [6, 6.07) is 11.8. The van der Waals surface area contributed by atoms with Gasteiger partial charge in [-0.1, -0.05) is 18.2 Å². The first-order valence-electron chi connectivity index (χ1n) is 6.86. The number of para-hydroxylation sites is 1. The third-order valence-corrected chi connectivity index (χ3v) is 3.37. The summed E-state index contributed by atoms with van der Waals surface area (Å²) in [4.78, 5) is 0. The lowest BCUT2D eigenvalue weighted by Gasteiger charge is -2.12. The number of rotatable bonds is 5. The maximum atomic E-state index is 10.1. The van der Waals surface area contributed by atoms with Gasteiger partial charge in [-0.3, -0.25) is 0 Å². The van der Waals surface area contributed by atoms with Gasteiger partial charge < -0.3 is 15.2 Å². The molecule has 0 heterocycles. The van der Waals surface area contributed by atoms with Gasteiger partial charge in [-0.05, 0) is 50.1 Å². The van der Waals surface area contributed by atoms with Gasteiger partial charge in [-0.25, -0.2) is 0 Å². The fourth-order valence-corrected chi connectivity index (χ4v) is 2.03. The highest BCUT2D eigenvalue weighted by Gasteiger charge is 2.07. The van der Waals surface area contributed by atoms with E-state index in [1.54, 1.807) is 6.07 Å². The molecule has 0 aromatic heterocycles. The van der Waals surface area contributed by atoms with E-state index in [4.69, 9.17) is 4.74 Å². The second-order valence-corrected chi connectivity index (χ2v) is 4.85. The number of ether oxygens (including phenoxy) is 1. The fraction of sp³-hybridized carbons (Fsp3) is 0.294. The molecule has 0 amide bonds. The monoisotopic (exact) mass is 271 g/mol. The SMILES string of the molecule is CCOc1cccc(CNc2ccc(C)c(C)c2)c1O. The largest absolute Gasteiger partial charge is 0.504 e. The molecule has 3 heteroatoms. The van der Waals surface area contributed by atoms with Gasteiger partial charge in [0.2, 0.25) is 0 Å². The van der Waals surface area contributed by atoms with Crippen LogP contribution in [0.3, 0.4) is 0 Å². The lowest BCUT2D eigenvalue weighted by atomic mass is 10.1. The molecule has 0 radical (unpaired) electrons. The van der Waals surface area contributed by atoms with Crippen LogP contribution in [-0.2, 0) is 6.54 Å². The normalized spacial score (nSPS) is 10.3. The van der Waals surface area contributed by atoms with Gasteiger partial charge in [0.1, 0.15) is 0 Å². The van der Waals surface area contributed by atoms with Crippen LogP contribution in [0.1, 0.15) is 23.6 Å². The highest BCUT2D eigenvalue weighted by molar-refractivity contribution is 5.51. The van der Waals surface area contributed by atoms with Gasteiger partial charge in [-0.15, -0.1) is 0 Å². The summed E-state index contributed by atoms with van der Waals surface area (Å²) in [5.41, 5.74) is 4.41. The Morgan fingerprint density at radius 3 is 2.60 bits per heavy atom. The Morgan fingerprint density at radius 2 is 1.90 bits per heavy atom. The maximum absolute atomic E-state index is 10.1. The molecule has 0 saturated carbocycles. The van der Waals surface area contributed by atoms with E-state index in [2.05, 4.69) is 31.3 Å². The van der Waals surface area contributed by atoms with Gasteiger partial charge in [0, 0.05) is 17.8 Å². The first-order valence-corrected chi connectivity index (χ1v) is 6.86. The zero-order valence-electron chi connectivity index (χ0n) is 12.2. The molecule has 0 atom stereocenters. The van der Waals surface area contributed by atoms with Crippen molar-refractivity contribution in [3.05, 3.63) is 53.1 Å². The van der Waals surface area contributed by atoms with Crippen molar-refractivity contribution in [2.24, 2.45) is 0 Å². The molecule has 2 aromatic carbocycles. The van der Waals surface area contributed by atoms with Gasteiger partial charge >= 0.3 is 0 Å². The van der Waals surface area contributed by atoms with Crippen LogP contribution in [0, 0.1) is 13.8 Å². The highest BCUT2D eigenvalue weighted by atomic mass is 16.5. The first kappa shape index (κ1) is 14.3. The summed E-state index contributed by atoms with van der Waals surface area (Å²) in [6.45, 7) is 7.19. The standard InChI is InChI=1S/C17H21NO2/c1-4-20-16-7-5-6-14(17(16)19)11-18-15-9-8-12(2)13(3)10-15/h5-10,18-19H,4,11H2,1-3H3. The number of phenolic OH excluding ortho intramolecular Hbond substituents is 1. The van der Waals surface area contributed by atoms with Crippen molar-refractivity contribution in [3.63, 3.8) is 0 Å². The summed E-state index contributed by atoms with van der Waals surface area (Å²) in [7, 11) is 0. The Bertz CT molecular complexity index is 594. The van der Waals surface area contributed by atoms with E-state index in [0.717, 1.165) is 11.3 Å². The van der Waals surface area contributed by atoms with Crippen molar-refractivity contribution in [1.82, 2.24) is 0 Å². The lowest BCUT2D eigenvalue weighted by molar-refractivity contribution is 0.317. The Morgan fingerprint density at radius 1 is 1.10 bits per heavy atom. The number of hydrogen-bond donors (Lipinski definition) is 2. The smallest absolute Gasteiger partial charge is 0.162 e. The van der Waals surface area contributed by atoms with E-state index in [1.165, 1.54) is 11.1 Å². The Hall–Kier alpha value is -2.16. The van der Waals surface area contributed by atoms with Gasteiger partial charge in [0.25, 0.3) is 0 Å². The summed E-state index contributed by atoms with van der Waals surface area (Å²) in [5.74, 6) is 0.748. The maximum Gasteiger partial charge on any atom is 0.162 e. The summed E-state index contributed by atoms with van der Waals surface area (Å²) in [5, 5.41) is 13.5. The van der Waals surface area contributed by atoms with Gasteiger partial charge in [0.15, 0.2) is 11.5 Å². The Labute approximate surface area is 120 Å². The lowest BCUT2D eigenvalue weighted by Crippen LogP contribution is -2.01. The summed E-state index contributed by atoms with van der Waals surface area (Å²) in [6.07, 6.45) is 0. The number of aryl methyl sites for hydroxylation is 2. The molecular weight excluding hydrogens is 250 g/mol. The summed E-state index contributed by atoms with van der Waals surface area (Å²) >= 11 is 0. The molecule has 106 valence electrons. The number of benzene rings is 2. The zero-order chi connectivity index (χ0) is 14.5. The quantitative estimate of drug-likeness (QED) is 0.863. The van der Waals surface area contributed by atoms with Crippen LogP contribution in [0.2, 0.25) is 0 Å². The van der Waals surface area contributed by atoms with Crippen molar-refractivity contribution < 1.29 is 9.84 Å². The molecule has 0 saturated heterocycles. The molecule has 2 N–H and O–H groups in total. The topological polar surface area (TPSA) is 41.5 Å². The highest BCUT2D eigenvalue weighted by Crippen LogP contribution is 2.30. The minimum absolute atomic E-state index is 0.214. The molecule has 0 aliphatic heterocycles. The van der Waals surface area contributed by atoms with Crippen molar-refractivity contribution in [2.75, 3.05) is 11.9 Å². The third kappa shape index (κ3) is 3.23. The predicted octanol–water partition coefficient (Wildman–Crippen LogP) is 4.02. The number of hydrogen-bond acceptors (Lipinski definition) is 3. The molecule has 0 fully saturated rings. The average molecular weight is 271 g/mol. The molecule has 2 aromatic rings. The van der Waals surface area contributed by atoms with E-state index in [1.807, 2.05) is 25.1 Å². The van der Waals surface area contributed by atoms with Crippen LogP contribution in [-0.4, -0.2) is 11.7 Å². The van der Waals surface area contributed by atoms with Crippen molar-refractivity contribution >= 4 is 5.69 Å². The van der Waals surface area contributed by atoms with E-state index in [9.17, 15) is 5.11 Å². The predicted molar refractivity (Wildman–Crippen MR) is 82.5 cm³/mol. The van der Waals surface area contributed by atoms with Crippen LogP contribution in [0.25, 0.3) is 0 Å². The number of anilines is 1. The van der Waals surface area contributed by atoms with E-state index in [0.29, 0.717) is 18.9 Å². The Balaban J connectivity index is 2.10. The zero-order valence-corrected chi connectivity index (χ0v) is 12.2.